The summed E-state index contributed by atoms with van der Waals surface area (Å²) in [5, 5.41) is 10.2. The number of halogens is 1. The third-order valence-electron chi connectivity index (χ3n) is 4.03. The first-order valence-electron chi connectivity index (χ1n) is 8.63. The number of nitrogens with zero attached hydrogens (tertiary/aromatic N) is 1. The van der Waals surface area contributed by atoms with Crippen LogP contribution in [0, 0.1) is 5.82 Å². The molecule has 0 radical (unpaired) electrons. The average molecular weight is 376 g/mol. The van der Waals surface area contributed by atoms with Crippen LogP contribution < -0.4 is 0 Å². The van der Waals surface area contributed by atoms with Crippen molar-refractivity contribution in [2.45, 2.75) is 39.0 Å². The van der Waals surface area contributed by atoms with Crippen molar-refractivity contribution in [2.24, 2.45) is 0 Å². The molecular weight excluding hydrogens is 349 g/mol. The van der Waals surface area contributed by atoms with Crippen molar-refractivity contribution in [2.75, 3.05) is 11.5 Å². The molecule has 3 nitrogen and oxygen atoms in total. The molecular formula is C21H26FNO2S. The highest BCUT2D eigenvalue weighted by atomic mass is 32.2. The lowest BCUT2D eigenvalue weighted by Crippen LogP contribution is -2.46. The molecule has 0 aliphatic heterocycles. The van der Waals surface area contributed by atoms with Gasteiger partial charge in [0.25, 0.3) is 0 Å². The number of aliphatic hydroxyl groups excluding tert-OH is 1. The van der Waals surface area contributed by atoms with E-state index in [0.29, 0.717) is 12.3 Å². The van der Waals surface area contributed by atoms with Crippen LogP contribution in [0.5, 0.6) is 0 Å². The number of carbonyl (C=O) groups excluding carboxylic acids is 1. The highest BCUT2D eigenvalue weighted by Crippen LogP contribution is 2.22. The normalized spacial score (nSPS) is 12.7. The summed E-state index contributed by atoms with van der Waals surface area (Å²) < 4.78 is 13.4. The van der Waals surface area contributed by atoms with Gasteiger partial charge in [0.15, 0.2) is 0 Å². The summed E-state index contributed by atoms with van der Waals surface area (Å²) in [4.78, 5) is 14.5. The molecule has 1 amide bonds. The van der Waals surface area contributed by atoms with E-state index in [0.717, 1.165) is 11.1 Å². The Bertz CT molecular complexity index is 715. The number of benzene rings is 2. The van der Waals surface area contributed by atoms with Crippen molar-refractivity contribution in [1.29, 1.82) is 0 Å². The monoisotopic (exact) mass is 375 g/mol. The van der Waals surface area contributed by atoms with Gasteiger partial charge in [0.05, 0.1) is 11.9 Å². The molecule has 0 fully saturated rings. The van der Waals surface area contributed by atoms with Gasteiger partial charge in [0.2, 0.25) is 5.91 Å². The molecule has 0 aliphatic rings. The molecule has 140 valence electrons. The number of hydrogen-bond donors (Lipinski definition) is 1. The largest absolute Gasteiger partial charge is 0.388 e. The van der Waals surface area contributed by atoms with Crippen molar-refractivity contribution >= 4 is 17.7 Å². The first-order chi connectivity index (χ1) is 12.3. The van der Waals surface area contributed by atoms with E-state index in [4.69, 9.17) is 0 Å². The standard InChI is InChI=1S/C21H26FNO2S/c1-21(2,3)23(13-16-8-7-11-18(22)12-16)20(25)15-26-14-19(24)17-9-5-4-6-10-17/h4-12,19,24H,13-15H2,1-3H3. The van der Waals surface area contributed by atoms with Crippen molar-refractivity contribution in [3.05, 3.63) is 71.5 Å². The summed E-state index contributed by atoms with van der Waals surface area (Å²) in [6, 6.07) is 15.7. The van der Waals surface area contributed by atoms with Gasteiger partial charge >= 0.3 is 0 Å². The minimum absolute atomic E-state index is 0.0213. The van der Waals surface area contributed by atoms with E-state index in [-0.39, 0.29) is 23.0 Å². The molecule has 2 rings (SSSR count). The smallest absolute Gasteiger partial charge is 0.233 e. The lowest BCUT2D eigenvalue weighted by atomic mass is 10.0. The first-order valence-corrected chi connectivity index (χ1v) is 9.78. The number of carbonyl (C=O) groups is 1. The van der Waals surface area contributed by atoms with E-state index >= 15 is 0 Å². The number of hydrogen-bond acceptors (Lipinski definition) is 3. The van der Waals surface area contributed by atoms with Crippen molar-refractivity contribution in [3.63, 3.8) is 0 Å². The van der Waals surface area contributed by atoms with Gasteiger partial charge in [0.1, 0.15) is 5.82 Å². The molecule has 1 N–H and O–H groups in total. The van der Waals surface area contributed by atoms with Gasteiger partial charge in [-0.2, -0.15) is 0 Å². The molecule has 0 heterocycles. The fraction of sp³-hybridized carbons (Fsp3) is 0.381. The lowest BCUT2D eigenvalue weighted by molar-refractivity contribution is -0.133. The molecule has 0 spiro atoms. The Balaban J connectivity index is 1.94. The zero-order chi connectivity index (χ0) is 19.2. The second-order valence-electron chi connectivity index (χ2n) is 7.22. The molecule has 1 atom stereocenters. The van der Waals surface area contributed by atoms with Gasteiger partial charge in [-0.3, -0.25) is 4.79 Å². The maximum Gasteiger partial charge on any atom is 0.233 e. The molecule has 0 bridgehead atoms. The maximum absolute atomic E-state index is 13.4. The molecule has 2 aromatic rings. The van der Waals surface area contributed by atoms with Crippen LogP contribution in [-0.2, 0) is 11.3 Å². The molecule has 0 saturated carbocycles. The SMILES string of the molecule is CC(C)(C)N(Cc1cccc(F)c1)C(=O)CSCC(O)c1ccccc1. The molecule has 26 heavy (non-hydrogen) atoms. The number of aliphatic hydroxyl groups is 1. The van der Waals surface area contributed by atoms with Gasteiger partial charge in [0, 0.05) is 17.8 Å². The van der Waals surface area contributed by atoms with Crippen molar-refractivity contribution < 1.29 is 14.3 Å². The predicted octanol–water partition coefficient (Wildman–Crippen LogP) is 4.42. The summed E-state index contributed by atoms with van der Waals surface area (Å²) in [7, 11) is 0. The number of amides is 1. The van der Waals surface area contributed by atoms with Crippen LogP contribution in [0.2, 0.25) is 0 Å². The van der Waals surface area contributed by atoms with Crippen molar-refractivity contribution in [3.8, 4) is 0 Å². The fourth-order valence-corrected chi connectivity index (χ4v) is 3.49. The van der Waals surface area contributed by atoms with Crippen LogP contribution in [0.3, 0.4) is 0 Å². The van der Waals surface area contributed by atoms with Gasteiger partial charge in [-0.05, 0) is 44.0 Å². The van der Waals surface area contributed by atoms with Gasteiger partial charge in [-0.1, -0.05) is 42.5 Å². The predicted molar refractivity (Wildman–Crippen MR) is 105 cm³/mol. The Morgan fingerprint density at radius 1 is 1.15 bits per heavy atom. The van der Waals surface area contributed by atoms with Crippen LogP contribution >= 0.6 is 11.8 Å². The molecule has 1 unspecified atom stereocenters. The maximum atomic E-state index is 13.4. The number of rotatable bonds is 7. The lowest BCUT2D eigenvalue weighted by Gasteiger charge is -2.36. The van der Waals surface area contributed by atoms with Crippen LogP contribution in [0.25, 0.3) is 0 Å². The highest BCUT2D eigenvalue weighted by Gasteiger charge is 2.26. The van der Waals surface area contributed by atoms with E-state index in [1.54, 1.807) is 11.0 Å². The van der Waals surface area contributed by atoms with Gasteiger partial charge < -0.3 is 10.0 Å². The Morgan fingerprint density at radius 2 is 1.85 bits per heavy atom. The fourth-order valence-electron chi connectivity index (χ4n) is 2.62. The molecule has 0 aliphatic carbocycles. The summed E-state index contributed by atoms with van der Waals surface area (Å²) in [6.07, 6.45) is -0.597. The van der Waals surface area contributed by atoms with Crippen LogP contribution in [0.15, 0.2) is 54.6 Å². The van der Waals surface area contributed by atoms with Gasteiger partial charge in [-0.15, -0.1) is 11.8 Å². The topological polar surface area (TPSA) is 40.5 Å². The summed E-state index contributed by atoms with van der Waals surface area (Å²) in [6.45, 7) is 6.26. The Labute approximate surface area is 159 Å². The summed E-state index contributed by atoms with van der Waals surface area (Å²) >= 11 is 1.41. The highest BCUT2D eigenvalue weighted by molar-refractivity contribution is 7.99. The summed E-state index contributed by atoms with van der Waals surface area (Å²) in [5.41, 5.74) is 1.24. The molecule has 2 aromatic carbocycles. The van der Waals surface area contributed by atoms with E-state index in [9.17, 15) is 14.3 Å². The molecule has 0 aromatic heterocycles. The zero-order valence-electron chi connectivity index (χ0n) is 15.5. The Hall–Kier alpha value is -1.85. The number of thioether (sulfide) groups is 1. The summed E-state index contributed by atoms with van der Waals surface area (Å²) in [5.74, 6) is 0.403. The van der Waals surface area contributed by atoms with Crippen LogP contribution in [-0.4, -0.2) is 33.0 Å². The minimum Gasteiger partial charge on any atom is -0.388 e. The van der Waals surface area contributed by atoms with E-state index in [2.05, 4.69) is 0 Å². The van der Waals surface area contributed by atoms with Crippen LogP contribution in [0.1, 0.15) is 38.0 Å². The van der Waals surface area contributed by atoms with E-state index in [1.807, 2.05) is 57.2 Å². The van der Waals surface area contributed by atoms with Crippen molar-refractivity contribution in [1.82, 2.24) is 4.90 Å². The quantitative estimate of drug-likeness (QED) is 0.779. The molecule has 0 saturated heterocycles. The second kappa shape index (κ2) is 9.19. The van der Waals surface area contributed by atoms with Crippen LogP contribution in [0.4, 0.5) is 4.39 Å². The minimum atomic E-state index is -0.597. The Morgan fingerprint density at radius 3 is 2.46 bits per heavy atom. The van der Waals surface area contributed by atoms with Gasteiger partial charge in [-0.25, -0.2) is 4.39 Å². The zero-order valence-corrected chi connectivity index (χ0v) is 16.3. The molecule has 5 heteroatoms. The third-order valence-corrected chi connectivity index (χ3v) is 5.03. The first kappa shape index (κ1) is 20.5. The third kappa shape index (κ3) is 6.15. The van der Waals surface area contributed by atoms with E-state index < -0.39 is 6.10 Å². The Kier molecular flexibility index (Phi) is 7.23. The second-order valence-corrected chi connectivity index (χ2v) is 8.25. The van der Waals surface area contributed by atoms with E-state index in [1.165, 1.54) is 23.9 Å². The average Bonchev–Trinajstić information content (AvgIpc) is 2.59.